The minimum Gasteiger partial charge on any atom is -0.432 e. The number of rotatable bonds is 4. The minimum absolute atomic E-state index is 0.229. The topological polar surface area (TPSA) is 41.7 Å². The van der Waals surface area contributed by atoms with E-state index in [1.807, 2.05) is 4.90 Å². The molecule has 0 atom stereocenters. The third-order valence-electron chi connectivity index (χ3n) is 3.68. The van der Waals surface area contributed by atoms with E-state index in [0.717, 1.165) is 19.2 Å². The van der Waals surface area contributed by atoms with Gasteiger partial charge in [-0.05, 0) is 13.8 Å². The van der Waals surface area contributed by atoms with Crippen LogP contribution in [0.3, 0.4) is 0 Å². The van der Waals surface area contributed by atoms with Crippen molar-refractivity contribution in [2.24, 2.45) is 0 Å². The predicted molar refractivity (Wildman–Crippen MR) is 76.4 cm³/mol. The van der Waals surface area contributed by atoms with Crippen molar-refractivity contribution >= 4 is 11.4 Å². The van der Waals surface area contributed by atoms with Gasteiger partial charge in [-0.15, -0.1) is 0 Å². The molecule has 0 spiro atoms. The van der Waals surface area contributed by atoms with Crippen LogP contribution in [-0.2, 0) is 0 Å². The van der Waals surface area contributed by atoms with E-state index in [1.54, 1.807) is 0 Å². The largest absolute Gasteiger partial charge is 0.432 e. The zero-order valence-corrected chi connectivity index (χ0v) is 12.2. The van der Waals surface area contributed by atoms with Gasteiger partial charge in [0.05, 0.1) is 11.4 Å². The molecule has 1 aromatic rings. The first kappa shape index (κ1) is 15.8. The Morgan fingerprint density at radius 2 is 1.76 bits per heavy atom. The molecule has 2 rings (SSSR count). The number of piperazine rings is 1. The second-order valence-corrected chi connectivity index (χ2v) is 5.34. The average molecular weight is 303 g/mol. The van der Waals surface area contributed by atoms with Crippen LogP contribution in [0.15, 0.2) is 12.1 Å². The number of nitrogens with zero attached hydrogens (tertiary/aromatic N) is 2. The van der Waals surface area contributed by atoms with Crippen LogP contribution in [-0.4, -0.2) is 43.7 Å². The van der Waals surface area contributed by atoms with Crippen LogP contribution < -0.4 is 15.4 Å². The third-order valence-corrected chi connectivity index (χ3v) is 3.68. The molecule has 118 valence electrons. The fourth-order valence-corrected chi connectivity index (χ4v) is 2.50. The number of nitrogen functional groups attached to an aromatic ring is 1. The monoisotopic (exact) mass is 303 g/mol. The Kier molecular flexibility index (Phi) is 4.82. The molecular weight excluding hydrogens is 283 g/mol. The lowest BCUT2D eigenvalue weighted by molar-refractivity contribution is -0.0521. The molecule has 1 saturated heterocycles. The Balaban J connectivity index is 2.16. The van der Waals surface area contributed by atoms with Gasteiger partial charge in [-0.25, -0.2) is 4.39 Å². The summed E-state index contributed by atoms with van der Waals surface area (Å²) in [4.78, 5) is 4.28. The number of anilines is 2. The van der Waals surface area contributed by atoms with Crippen LogP contribution in [0, 0.1) is 5.82 Å². The Labute approximate surface area is 122 Å². The minimum atomic E-state index is -3.06. The average Bonchev–Trinajstić information content (AvgIpc) is 2.41. The molecule has 0 aliphatic carbocycles. The van der Waals surface area contributed by atoms with E-state index in [1.165, 1.54) is 6.07 Å². The first-order valence-corrected chi connectivity index (χ1v) is 6.91. The molecule has 0 saturated carbocycles. The predicted octanol–water partition coefficient (Wildman–Crippen LogP) is 2.54. The van der Waals surface area contributed by atoms with E-state index in [9.17, 15) is 13.2 Å². The number of hydrogen-bond donors (Lipinski definition) is 1. The van der Waals surface area contributed by atoms with Crippen LogP contribution in [0.2, 0.25) is 0 Å². The van der Waals surface area contributed by atoms with E-state index in [0.29, 0.717) is 24.8 Å². The van der Waals surface area contributed by atoms with Crippen LogP contribution in [0.1, 0.15) is 13.8 Å². The summed E-state index contributed by atoms with van der Waals surface area (Å²) in [5.41, 5.74) is 6.57. The van der Waals surface area contributed by atoms with Crippen LogP contribution in [0.25, 0.3) is 0 Å². The van der Waals surface area contributed by atoms with Gasteiger partial charge in [0.1, 0.15) is 0 Å². The molecule has 1 aliphatic rings. The summed E-state index contributed by atoms with van der Waals surface area (Å²) in [6.07, 6.45) is 0. The quantitative estimate of drug-likeness (QED) is 0.868. The van der Waals surface area contributed by atoms with Crippen molar-refractivity contribution in [3.8, 4) is 5.75 Å². The molecule has 1 aliphatic heterocycles. The number of alkyl halides is 2. The third kappa shape index (κ3) is 3.72. The second kappa shape index (κ2) is 6.43. The van der Waals surface area contributed by atoms with Crippen molar-refractivity contribution < 1.29 is 17.9 Å². The van der Waals surface area contributed by atoms with Gasteiger partial charge in [0, 0.05) is 44.4 Å². The fourth-order valence-electron chi connectivity index (χ4n) is 2.50. The molecular formula is C14H20F3N3O. The molecule has 1 heterocycles. The second-order valence-electron chi connectivity index (χ2n) is 5.34. The Bertz CT molecular complexity index is 489. The van der Waals surface area contributed by atoms with E-state index in [4.69, 9.17) is 5.73 Å². The standard InChI is InChI=1S/C14H20F3N3O/c1-9(2)19-3-5-20(6-4-19)12-8-13(21-14(16)17)10(15)7-11(12)18/h7-9,14H,3-6,18H2,1-2H3. The summed E-state index contributed by atoms with van der Waals surface area (Å²) in [7, 11) is 0. The maximum Gasteiger partial charge on any atom is 0.387 e. The van der Waals surface area contributed by atoms with Gasteiger partial charge in [-0.2, -0.15) is 8.78 Å². The highest BCUT2D eigenvalue weighted by atomic mass is 19.3. The van der Waals surface area contributed by atoms with Gasteiger partial charge in [0.2, 0.25) is 0 Å². The van der Waals surface area contributed by atoms with Crippen molar-refractivity contribution in [1.29, 1.82) is 0 Å². The SMILES string of the molecule is CC(C)N1CCN(c2cc(OC(F)F)c(F)cc2N)CC1. The molecule has 0 radical (unpaired) electrons. The summed E-state index contributed by atoms with van der Waals surface area (Å²) in [6, 6.07) is 2.74. The summed E-state index contributed by atoms with van der Waals surface area (Å²) in [6.45, 7) is 4.30. The van der Waals surface area contributed by atoms with Crippen LogP contribution in [0.5, 0.6) is 5.75 Å². The van der Waals surface area contributed by atoms with E-state index < -0.39 is 18.2 Å². The number of halogens is 3. The number of nitrogens with two attached hydrogens (primary N) is 1. The van der Waals surface area contributed by atoms with Crippen molar-refractivity contribution in [2.45, 2.75) is 26.5 Å². The van der Waals surface area contributed by atoms with Crippen molar-refractivity contribution in [3.05, 3.63) is 17.9 Å². The first-order chi connectivity index (χ1) is 9.88. The first-order valence-electron chi connectivity index (χ1n) is 6.91. The summed E-state index contributed by atoms with van der Waals surface area (Å²) in [5.74, 6) is -1.35. The zero-order chi connectivity index (χ0) is 15.6. The van der Waals surface area contributed by atoms with E-state index in [-0.39, 0.29) is 5.69 Å². The summed E-state index contributed by atoms with van der Waals surface area (Å²) < 4.78 is 42.3. The highest BCUT2D eigenvalue weighted by Crippen LogP contribution is 2.32. The summed E-state index contributed by atoms with van der Waals surface area (Å²) >= 11 is 0. The smallest absolute Gasteiger partial charge is 0.387 e. The molecule has 7 heteroatoms. The van der Waals surface area contributed by atoms with E-state index >= 15 is 0 Å². The van der Waals surface area contributed by atoms with Crippen LogP contribution >= 0.6 is 0 Å². The molecule has 0 bridgehead atoms. The lowest BCUT2D eigenvalue weighted by Crippen LogP contribution is -2.49. The van der Waals surface area contributed by atoms with Crippen molar-refractivity contribution in [3.63, 3.8) is 0 Å². The Hall–Kier alpha value is -1.63. The zero-order valence-electron chi connectivity index (χ0n) is 12.2. The molecule has 0 aromatic heterocycles. The van der Waals surface area contributed by atoms with Crippen molar-refractivity contribution in [2.75, 3.05) is 36.8 Å². The van der Waals surface area contributed by atoms with Crippen molar-refractivity contribution in [1.82, 2.24) is 4.90 Å². The molecule has 4 nitrogen and oxygen atoms in total. The molecule has 2 N–H and O–H groups in total. The molecule has 1 fully saturated rings. The van der Waals surface area contributed by atoms with E-state index in [2.05, 4.69) is 23.5 Å². The highest BCUT2D eigenvalue weighted by molar-refractivity contribution is 5.70. The molecule has 0 unspecified atom stereocenters. The maximum atomic E-state index is 13.6. The van der Waals surface area contributed by atoms with Gasteiger partial charge in [-0.3, -0.25) is 4.90 Å². The number of benzene rings is 1. The van der Waals surface area contributed by atoms with Gasteiger partial charge < -0.3 is 15.4 Å². The Morgan fingerprint density at radius 3 is 2.29 bits per heavy atom. The number of ether oxygens (including phenoxy) is 1. The normalized spacial score (nSPS) is 16.8. The molecule has 0 amide bonds. The molecule has 21 heavy (non-hydrogen) atoms. The number of hydrogen-bond acceptors (Lipinski definition) is 4. The fraction of sp³-hybridized carbons (Fsp3) is 0.571. The Morgan fingerprint density at radius 1 is 1.14 bits per heavy atom. The van der Waals surface area contributed by atoms with Gasteiger partial charge in [-0.1, -0.05) is 0 Å². The molecule has 1 aromatic carbocycles. The highest BCUT2D eigenvalue weighted by Gasteiger charge is 2.22. The van der Waals surface area contributed by atoms with Gasteiger partial charge in [0.25, 0.3) is 0 Å². The summed E-state index contributed by atoms with van der Waals surface area (Å²) in [5, 5.41) is 0. The maximum absolute atomic E-state index is 13.6. The van der Waals surface area contributed by atoms with Gasteiger partial charge in [0.15, 0.2) is 11.6 Å². The lowest BCUT2D eigenvalue weighted by Gasteiger charge is -2.38. The van der Waals surface area contributed by atoms with Gasteiger partial charge >= 0.3 is 6.61 Å². The lowest BCUT2D eigenvalue weighted by atomic mass is 10.2. The van der Waals surface area contributed by atoms with Crippen LogP contribution in [0.4, 0.5) is 24.5 Å².